The van der Waals surface area contributed by atoms with Crippen molar-refractivity contribution < 1.29 is 5.11 Å². The Balaban J connectivity index is 2.39. The highest BCUT2D eigenvalue weighted by atomic mass is 32.2. The molecule has 0 radical (unpaired) electrons. The van der Waals surface area contributed by atoms with Crippen molar-refractivity contribution in [3.05, 3.63) is 42.5 Å². The van der Waals surface area contributed by atoms with Crippen LogP contribution in [0, 0.1) is 0 Å². The molecule has 0 aliphatic heterocycles. The maximum atomic E-state index is 9.47. The fourth-order valence-corrected chi connectivity index (χ4v) is 1.82. The number of aliphatic hydroxyl groups excluding tert-OH is 1. The van der Waals surface area contributed by atoms with Crippen LogP contribution in [0.1, 0.15) is 6.92 Å². The van der Waals surface area contributed by atoms with Crippen molar-refractivity contribution in [1.82, 2.24) is 0 Å². The Bertz CT molecular complexity index is 269. The molecule has 0 aliphatic carbocycles. The van der Waals surface area contributed by atoms with E-state index >= 15 is 0 Å². The van der Waals surface area contributed by atoms with E-state index in [4.69, 9.17) is 0 Å². The normalized spacial score (nSPS) is 12.5. The van der Waals surface area contributed by atoms with Gasteiger partial charge in [0, 0.05) is 10.6 Å². The molecule has 1 aromatic rings. The van der Waals surface area contributed by atoms with E-state index in [0.29, 0.717) is 5.75 Å². The number of thioether (sulfide) groups is 1. The molecule has 1 nitrogen and oxygen atoms in total. The second-order valence-corrected chi connectivity index (χ2v) is 4.08. The standard InChI is InChI=1S/C11H14OS/c1-9(2)11(12)8-13-10-6-4-3-5-7-10/h3-7,11-12H,1,8H2,2H3. The molecule has 0 saturated carbocycles. The van der Waals surface area contributed by atoms with Crippen molar-refractivity contribution in [3.63, 3.8) is 0 Å². The molecule has 0 aliphatic rings. The summed E-state index contributed by atoms with van der Waals surface area (Å²) in [7, 11) is 0. The first-order valence-corrected chi connectivity index (χ1v) is 5.20. The second-order valence-electron chi connectivity index (χ2n) is 2.99. The molecular weight excluding hydrogens is 180 g/mol. The molecule has 0 fully saturated rings. The molecule has 1 aromatic carbocycles. The lowest BCUT2D eigenvalue weighted by molar-refractivity contribution is 0.236. The number of hydrogen-bond donors (Lipinski definition) is 1. The first-order chi connectivity index (χ1) is 6.20. The maximum Gasteiger partial charge on any atom is 0.0838 e. The van der Waals surface area contributed by atoms with E-state index in [2.05, 4.69) is 6.58 Å². The van der Waals surface area contributed by atoms with Gasteiger partial charge in [-0.3, -0.25) is 0 Å². The number of hydrogen-bond acceptors (Lipinski definition) is 2. The molecule has 1 atom stereocenters. The molecular formula is C11H14OS. The van der Waals surface area contributed by atoms with Crippen LogP contribution in [0.15, 0.2) is 47.4 Å². The van der Waals surface area contributed by atoms with Gasteiger partial charge in [0.1, 0.15) is 0 Å². The first kappa shape index (κ1) is 10.4. The monoisotopic (exact) mass is 194 g/mol. The van der Waals surface area contributed by atoms with E-state index in [1.165, 1.54) is 4.90 Å². The third-order valence-corrected chi connectivity index (χ3v) is 2.81. The smallest absolute Gasteiger partial charge is 0.0838 e. The van der Waals surface area contributed by atoms with Gasteiger partial charge in [0.2, 0.25) is 0 Å². The predicted molar refractivity (Wildman–Crippen MR) is 58.0 cm³/mol. The minimum absolute atomic E-state index is 0.398. The van der Waals surface area contributed by atoms with E-state index in [9.17, 15) is 5.11 Å². The Kier molecular flexibility index (Phi) is 4.06. The zero-order valence-electron chi connectivity index (χ0n) is 7.73. The average Bonchev–Trinajstić information content (AvgIpc) is 2.15. The molecule has 1 N–H and O–H groups in total. The van der Waals surface area contributed by atoms with Gasteiger partial charge in [-0.05, 0) is 19.1 Å². The third kappa shape index (κ3) is 3.66. The van der Waals surface area contributed by atoms with E-state index < -0.39 is 6.10 Å². The van der Waals surface area contributed by atoms with Gasteiger partial charge in [-0.1, -0.05) is 30.4 Å². The summed E-state index contributed by atoms with van der Waals surface area (Å²) in [5.41, 5.74) is 0.823. The highest BCUT2D eigenvalue weighted by Crippen LogP contribution is 2.19. The van der Waals surface area contributed by atoms with E-state index in [-0.39, 0.29) is 0 Å². The van der Waals surface area contributed by atoms with Crippen molar-refractivity contribution in [3.8, 4) is 0 Å². The van der Waals surface area contributed by atoms with Crippen molar-refractivity contribution in [1.29, 1.82) is 0 Å². The van der Waals surface area contributed by atoms with Crippen LogP contribution in [0.4, 0.5) is 0 Å². The Morgan fingerprint density at radius 1 is 1.46 bits per heavy atom. The molecule has 0 heterocycles. The minimum Gasteiger partial charge on any atom is -0.388 e. The number of rotatable bonds is 4. The van der Waals surface area contributed by atoms with Crippen LogP contribution in [0.3, 0.4) is 0 Å². The molecule has 2 heteroatoms. The molecule has 0 bridgehead atoms. The molecule has 0 spiro atoms. The summed E-state index contributed by atoms with van der Waals surface area (Å²) in [6.07, 6.45) is -0.398. The van der Waals surface area contributed by atoms with Crippen LogP contribution in [0.25, 0.3) is 0 Å². The summed E-state index contributed by atoms with van der Waals surface area (Å²) in [5, 5.41) is 9.47. The quantitative estimate of drug-likeness (QED) is 0.587. The lowest BCUT2D eigenvalue weighted by Crippen LogP contribution is -2.09. The molecule has 1 unspecified atom stereocenters. The summed E-state index contributed by atoms with van der Waals surface area (Å²) in [5.74, 6) is 0.680. The van der Waals surface area contributed by atoms with E-state index in [1.54, 1.807) is 11.8 Å². The van der Waals surface area contributed by atoms with Crippen molar-refractivity contribution >= 4 is 11.8 Å². The number of benzene rings is 1. The first-order valence-electron chi connectivity index (χ1n) is 4.21. The Hall–Kier alpha value is -0.730. The minimum atomic E-state index is -0.398. The van der Waals surface area contributed by atoms with Gasteiger partial charge in [0.05, 0.1) is 6.10 Å². The lowest BCUT2D eigenvalue weighted by Gasteiger charge is -2.08. The average molecular weight is 194 g/mol. The van der Waals surface area contributed by atoms with Gasteiger partial charge < -0.3 is 5.11 Å². The fourth-order valence-electron chi connectivity index (χ4n) is 0.834. The highest BCUT2D eigenvalue weighted by Gasteiger charge is 2.04. The zero-order valence-corrected chi connectivity index (χ0v) is 8.55. The van der Waals surface area contributed by atoms with E-state index in [0.717, 1.165) is 5.57 Å². The van der Waals surface area contributed by atoms with Gasteiger partial charge in [0.25, 0.3) is 0 Å². The summed E-state index contributed by atoms with van der Waals surface area (Å²) in [6.45, 7) is 5.55. The van der Waals surface area contributed by atoms with Crippen LogP contribution >= 0.6 is 11.8 Å². The zero-order chi connectivity index (χ0) is 9.68. The topological polar surface area (TPSA) is 20.2 Å². The third-order valence-electron chi connectivity index (χ3n) is 1.72. The lowest BCUT2D eigenvalue weighted by atomic mass is 10.2. The molecule has 0 saturated heterocycles. The summed E-state index contributed by atoms with van der Waals surface area (Å²) in [4.78, 5) is 1.18. The summed E-state index contributed by atoms with van der Waals surface area (Å²) < 4.78 is 0. The molecule has 1 rings (SSSR count). The SMILES string of the molecule is C=C(C)C(O)CSc1ccccc1. The Morgan fingerprint density at radius 3 is 2.62 bits per heavy atom. The van der Waals surface area contributed by atoms with Crippen molar-refractivity contribution in [2.45, 2.75) is 17.9 Å². The predicted octanol–water partition coefficient (Wildman–Crippen LogP) is 2.72. The van der Waals surface area contributed by atoms with Gasteiger partial charge in [-0.25, -0.2) is 0 Å². The van der Waals surface area contributed by atoms with Crippen LogP contribution in [0.2, 0.25) is 0 Å². The second kappa shape index (κ2) is 5.10. The van der Waals surface area contributed by atoms with Gasteiger partial charge in [-0.15, -0.1) is 11.8 Å². The van der Waals surface area contributed by atoms with Crippen molar-refractivity contribution in [2.24, 2.45) is 0 Å². The van der Waals surface area contributed by atoms with Crippen LogP contribution < -0.4 is 0 Å². The van der Waals surface area contributed by atoms with Gasteiger partial charge in [-0.2, -0.15) is 0 Å². The van der Waals surface area contributed by atoms with Crippen LogP contribution in [-0.4, -0.2) is 17.0 Å². The summed E-state index contributed by atoms with van der Waals surface area (Å²) >= 11 is 1.65. The van der Waals surface area contributed by atoms with Crippen LogP contribution in [0.5, 0.6) is 0 Å². The Morgan fingerprint density at radius 2 is 2.08 bits per heavy atom. The van der Waals surface area contributed by atoms with Gasteiger partial charge in [0.15, 0.2) is 0 Å². The molecule has 70 valence electrons. The van der Waals surface area contributed by atoms with E-state index in [1.807, 2.05) is 37.3 Å². The van der Waals surface area contributed by atoms with Crippen LogP contribution in [-0.2, 0) is 0 Å². The highest BCUT2D eigenvalue weighted by molar-refractivity contribution is 7.99. The molecule has 13 heavy (non-hydrogen) atoms. The summed E-state index contributed by atoms with van der Waals surface area (Å²) in [6, 6.07) is 10.1. The Labute approximate surface area is 83.5 Å². The van der Waals surface area contributed by atoms with Crippen molar-refractivity contribution in [2.75, 3.05) is 5.75 Å². The fraction of sp³-hybridized carbons (Fsp3) is 0.273. The maximum absolute atomic E-state index is 9.47. The molecule has 0 amide bonds. The largest absolute Gasteiger partial charge is 0.388 e. The molecule has 0 aromatic heterocycles. The number of aliphatic hydroxyl groups is 1. The van der Waals surface area contributed by atoms with Gasteiger partial charge >= 0.3 is 0 Å².